The lowest BCUT2D eigenvalue weighted by molar-refractivity contribution is 0.0791. The highest BCUT2D eigenvalue weighted by Crippen LogP contribution is 2.22. The molecule has 1 fully saturated rings. The van der Waals surface area contributed by atoms with Gasteiger partial charge in [-0.2, -0.15) is 0 Å². The Bertz CT molecular complexity index is 857. The van der Waals surface area contributed by atoms with Crippen molar-refractivity contribution in [3.05, 3.63) is 60.2 Å². The number of para-hydroxylation sites is 1. The molecule has 1 heterocycles. The Morgan fingerprint density at radius 2 is 1.73 bits per heavy atom. The van der Waals surface area contributed by atoms with Crippen molar-refractivity contribution in [1.29, 1.82) is 0 Å². The zero-order chi connectivity index (χ0) is 18.0. The van der Waals surface area contributed by atoms with E-state index in [0.29, 0.717) is 24.3 Å². The first-order valence-electron chi connectivity index (χ1n) is 8.08. The molecule has 6 nitrogen and oxygen atoms in total. The van der Waals surface area contributed by atoms with Crippen molar-refractivity contribution in [2.45, 2.75) is 17.4 Å². The molecule has 0 saturated carbocycles. The standard InChI is InChI=1S/C18H21N3O3S.ClH/c1-20(16-5-3-2-4-6-16)25(23,24)17-9-7-14(8-10-17)18(22)21-12-11-15(19)13-21;/h2-10,15H,11-13,19H2,1H3;1H/t15-;/m1./s1. The van der Waals surface area contributed by atoms with Crippen molar-refractivity contribution in [2.75, 3.05) is 24.4 Å². The maximum atomic E-state index is 12.7. The number of sulfonamides is 1. The van der Waals surface area contributed by atoms with Gasteiger partial charge in [-0.05, 0) is 42.8 Å². The van der Waals surface area contributed by atoms with Gasteiger partial charge < -0.3 is 10.6 Å². The average Bonchev–Trinajstić information content (AvgIpc) is 3.07. The minimum atomic E-state index is -3.67. The number of benzene rings is 2. The molecule has 2 N–H and O–H groups in total. The summed E-state index contributed by atoms with van der Waals surface area (Å²) in [7, 11) is -2.16. The molecule has 26 heavy (non-hydrogen) atoms. The zero-order valence-electron chi connectivity index (χ0n) is 14.4. The van der Waals surface area contributed by atoms with Gasteiger partial charge in [-0.15, -0.1) is 12.4 Å². The molecule has 0 aromatic heterocycles. The van der Waals surface area contributed by atoms with Gasteiger partial charge in [0.2, 0.25) is 0 Å². The molecule has 0 spiro atoms. The molecule has 0 unspecified atom stereocenters. The van der Waals surface area contributed by atoms with Gasteiger partial charge >= 0.3 is 0 Å². The van der Waals surface area contributed by atoms with E-state index in [9.17, 15) is 13.2 Å². The molecule has 1 saturated heterocycles. The van der Waals surface area contributed by atoms with E-state index in [1.54, 1.807) is 41.3 Å². The quantitative estimate of drug-likeness (QED) is 0.859. The number of halogens is 1. The monoisotopic (exact) mass is 395 g/mol. The highest BCUT2D eigenvalue weighted by molar-refractivity contribution is 7.92. The lowest BCUT2D eigenvalue weighted by atomic mass is 10.2. The molecular formula is C18H22ClN3O3S. The van der Waals surface area contributed by atoms with Crippen LogP contribution in [0.5, 0.6) is 0 Å². The highest BCUT2D eigenvalue weighted by Gasteiger charge is 2.26. The third-order valence-electron chi connectivity index (χ3n) is 4.39. The summed E-state index contributed by atoms with van der Waals surface area (Å²) in [5.41, 5.74) is 6.88. The zero-order valence-corrected chi connectivity index (χ0v) is 16.0. The summed E-state index contributed by atoms with van der Waals surface area (Å²) < 4.78 is 26.7. The Hall–Kier alpha value is -2.09. The van der Waals surface area contributed by atoms with E-state index in [1.165, 1.54) is 23.5 Å². The van der Waals surface area contributed by atoms with Gasteiger partial charge in [-0.1, -0.05) is 18.2 Å². The number of amides is 1. The molecule has 0 bridgehead atoms. The van der Waals surface area contributed by atoms with Gasteiger partial charge in [0.1, 0.15) is 0 Å². The van der Waals surface area contributed by atoms with Crippen molar-refractivity contribution in [3.63, 3.8) is 0 Å². The summed E-state index contributed by atoms with van der Waals surface area (Å²) >= 11 is 0. The third-order valence-corrected chi connectivity index (χ3v) is 6.19. The SMILES string of the molecule is CN(c1ccccc1)S(=O)(=O)c1ccc(C(=O)N2CC[C@@H](N)C2)cc1.Cl. The van der Waals surface area contributed by atoms with Crippen LogP contribution in [0.1, 0.15) is 16.8 Å². The molecule has 2 aromatic carbocycles. The van der Waals surface area contributed by atoms with Crippen LogP contribution in [0.15, 0.2) is 59.5 Å². The summed E-state index contributed by atoms with van der Waals surface area (Å²) in [5.74, 6) is -0.117. The van der Waals surface area contributed by atoms with Crippen LogP contribution >= 0.6 is 12.4 Å². The second-order valence-electron chi connectivity index (χ2n) is 6.13. The van der Waals surface area contributed by atoms with Gasteiger partial charge in [0.25, 0.3) is 15.9 Å². The molecule has 0 radical (unpaired) electrons. The summed E-state index contributed by atoms with van der Waals surface area (Å²) in [6.07, 6.45) is 0.792. The Morgan fingerprint density at radius 3 is 2.27 bits per heavy atom. The van der Waals surface area contributed by atoms with Crippen LogP contribution in [0, 0.1) is 0 Å². The topological polar surface area (TPSA) is 83.7 Å². The van der Waals surface area contributed by atoms with Crippen LogP contribution in [0.25, 0.3) is 0 Å². The highest BCUT2D eigenvalue weighted by atomic mass is 35.5. The van der Waals surface area contributed by atoms with E-state index in [-0.39, 0.29) is 29.3 Å². The van der Waals surface area contributed by atoms with Crippen LogP contribution in [0.3, 0.4) is 0 Å². The van der Waals surface area contributed by atoms with Crippen LogP contribution < -0.4 is 10.0 Å². The second kappa shape index (κ2) is 8.07. The molecule has 0 aliphatic carbocycles. The lowest BCUT2D eigenvalue weighted by Gasteiger charge is -2.20. The molecule has 1 amide bonds. The fourth-order valence-corrected chi connectivity index (χ4v) is 4.05. The van der Waals surface area contributed by atoms with Crippen molar-refractivity contribution in [1.82, 2.24) is 4.90 Å². The number of likely N-dealkylation sites (tertiary alicyclic amines) is 1. The molecular weight excluding hydrogens is 374 g/mol. The first-order valence-corrected chi connectivity index (χ1v) is 9.52. The maximum absolute atomic E-state index is 12.7. The maximum Gasteiger partial charge on any atom is 0.264 e. The van der Waals surface area contributed by atoms with E-state index in [2.05, 4.69) is 0 Å². The van der Waals surface area contributed by atoms with Crippen LogP contribution in [-0.2, 0) is 10.0 Å². The van der Waals surface area contributed by atoms with Crippen LogP contribution in [0.2, 0.25) is 0 Å². The van der Waals surface area contributed by atoms with E-state index in [4.69, 9.17) is 5.73 Å². The van der Waals surface area contributed by atoms with Gasteiger partial charge in [0, 0.05) is 31.7 Å². The first-order chi connectivity index (χ1) is 11.9. The molecule has 3 rings (SSSR count). The summed E-state index contributed by atoms with van der Waals surface area (Å²) in [6, 6.07) is 14.9. The number of carbonyl (C=O) groups excluding carboxylic acids is 1. The first kappa shape index (κ1) is 20.2. The van der Waals surface area contributed by atoms with Gasteiger partial charge in [-0.25, -0.2) is 8.42 Å². The molecule has 2 aromatic rings. The van der Waals surface area contributed by atoms with Gasteiger partial charge in [0.05, 0.1) is 10.6 Å². The van der Waals surface area contributed by atoms with Crippen LogP contribution in [0.4, 0.5) is 5.69 Å². The number of hydrogen-bond acceptors (Lipinski definition) is 4. The summed E-state index contributed by atoms with van der Waals surface area (Å²) in [6.45, 7) is 1.17. The normalized spacial score (nSPS) is 16.8. The van der Waals surface area contributed by atoms with E-state index < -0.39 is 10.0 Å². The Balaban J connectivity index is 0.00000243. The van der Waals surface area contributed by atoms with Crippen molar-refractivity contribution in [3.8, 4) is 0 Å². The van der Waals surface area contributed by atoms with Gasteiger partial charge in [0.15, 0.2) is 0 Å². The Morgan fingerprint density at radius 1 is 1.12 bits per heavy atom. The lowest BCUT2D eigenvalue weighted by Crippen LogP contribution is -2.32. The number of carbonyl (C=O) groups is 1. The fraction of sp³-hybridized carbons (Fsp3) is 0.278. The Labute approximate surface area is 160 Å². The number of hydrogen-bond donors (Lipinski definition) is 1. The number of nitrogens with zero attached hydrogens (tertiary/aromatic N) is 2. The second-order valence-corrected chi connectivity index (χ2v) is 8.10. The molecule has 1 aliphatic rings. The largest absolute Gasteiger partial charge is 0.337 e. The Kier molecular flexibility index (Phi) is 6.28. The predicted molar refractivity (Wildman–Crippen MR) is 104 cm³/mol. The van der Waals surface area contributed by atoms with Gasteiger partial charge in [-0.3, -0.25) is 9.10 Å². The van der Waals surface area contributed by atoms with Crippen molar-refractivity contribution < 1.29 is 13.2 Å². The average molecular weight is 396 g/mol. The van der Waals surface area contributed by atoms with Crippen LogP contribution in [-0.4, -0.2) is 45.4 Å². The molecule has 8 heteroatoms. The minimum absolute atomic E-state index is 0. The van der Waals surface area contributed by atoms with E-state index in [0.717, 1.165) is 6.42 Å². The number of anilines is 1. The van der Waals surface area contributed by atoms with Crippen molar-refractivity contribution >= 4 is 34.0 Å². The number of nitrogens with two attached hydrogens (primary N) is 1. The number of rotatable bonds is 4. The smallest absolute Gasteiger partial charge is 0.264 e. The fourth-order valence-electron chi connectivity index (χ4n) is 2.86. The molecule has 140 valence electrons. The summed E-state index contributed by atoms with van der Waals surface area (Å²) in [4.78, 5) is 14.3. The predicted octanol–water partition coefficient (Wildman–Crippen LogP) is 2.11. The molecule has 1 atom stereocenters. The molecule has 1 aliphatic heterocycles. The van der Waals surface area contributed by atoms with Crippen molar-refractivity contribution in [2.24, 2.45) is 5.73 Å². The third kappa shape index (κ3) is 4.00. The van der Waals surface area contributed by atoms with E-state index in [1.807, 2.05) is 6.07 Å². The summed E-state index contributed by atoms with van der Waals surface area (Å²) in [5, 5.41) is 0. The van der Waals surface area contributed by atoms with E-state index >= 15 is 0 Å². The minimum Gasteiger partial charge on any atom is -0.337 e.